The summed E-state index contributed by atoms with van der Waals surface area (Å²) in [5, 5.41) is 3.17. The molecule has 1 aromatic heterocycles. The summed E-state index contributed by atoms with van der Waals surface area (Å²) in [7, 11) is 0. The number of hydrogen-bond donors (Lipinski definition) is 1. The van der Waals surface area contributed by atoms with Crippen molar-refractivity contribution in [2.75, 3.05) is 10.2 Å². The Labute approximate surface area is 206 Å². The van der Waals surface area contributed by atoms with Gasteiger partial charge in [0.15, 0.2) is 5.16 Å². The van der Waals surface area contributed by atoms with Crippen molar-refractivity contribution in [2.45, 2.75) is 36.7 Å². The first-order valence-corrected chi connectivity index (χ1v) is 12.2. The van der Waals surface area contributed by atoms with Gasteiger partial charge in [-0.3, -0.25) is 23.9 Å². The zero-order valence-corrected chi connectivity index (χ0v) is 20.4. The molecule has 0 fully saturated rings. The molecule has 176 valence electrons. The molecule has 35 heavy (non-hydrogen) atoms. The van der Waals surface area contributed by atoms with Crippen molar-refractivity contribution in [3.05, 3.63) is 89.2 Å². The zero-order valence-electron chi connectivity index (χ0n) is 19.6. The largest absolute Gasteiger partial charge is 0.322 e. The summed E-state index contributed by atoms with van der Waals surface area (Å²) in [5.41, 5.74) is 1.17. The standard InChI is InChI=1S/C27H24N4O3S/c1-17(23(32)31-22-16-10-9-15-21(22)28-25(34)27(31,2)3)35-26-29-20-14-8-7-13-19(20)24(33)30(26)18-11-5-4-6-12-18/h4-17H,1-3H3,(H,28,34). The number of amides is 2. The average Bonchev–Trinajstić information content (AvgIpc) is 2.85. The highest BCUT2D eigenvalue weighted by atomic mass is 32.2. The zero-order chi connectivity index (χ0) is 24.7. The first kappa shape index (κ1) is 22.9. The van der Waals surface area contributed by atoms with Crippen LogP contribution in [-0.4, -0.2) is 32.2 Å². The minimum Gasteiger partial charge on any atom is -0.322 e. The maximum absolute atomic E-state index is 13.8. The monoisotopic (exact) mass is 484 g/mol. The van der Waals surface area contributed by atoms with Crippen molar-refractivity contribution in [3.8, 4) is 5.69 Å². The Balaban J connectivity index is 1.59. The van der Waals surface area contributed by atoms with Gasteiger partial charge in [0, 0.05) is 0 Å². The summed E-state index contributed by atoms with van der Waals surface area (Å²) in [6.45, 7) is 5.22. The Kier molecular flexibility index (Phi) is 5.68. The number of fused-ring (bicyclic) bond motifs is 2. The van der Waals surface area contributed by atoms with Crippen molar-refractivity contribution in [2.24, 2.45) is 0 Å². The van der Waals surface area contributed by atoms with Gasteiger partial charge in [0.25, 0.3) is 5.56 Å². The number of benzene rings is 3. The lowest BCUT2D eigenvalue weighted by Crippen LogP contribution is -2.60. The molecular formula is C27H24N4O3S. The smallest absolute Gasteiger partial charge is 0.266 e. The molecule has 3 aromatic carbocycles. The van der Waals surface area contributed by atoms with Crippen molar-refractivity contribution < 1.29 is 9.59 Å². The van der Waals surface area contributed by atoms with Crippen LogP contribution in [0.5, 0.6) is 0 Å². The van der Waals surface area contributed by atoms with Crippen LogP contribution in [0.2, 0.25) is 0 Å². The second kappa shape index (κ2) is 8.70. The number of anilines is 2. The van der Waals surface area contributed by atoms with Gasteiger partial charge in [0.1, 0.15) is 5.54 Å². The topological polar surface area (TPSA) is 84.3 Å². The number of thioether (sulfide) groups is 1. The van der Waals surface area contributed by atoms with Gasteiger partial charge in [-0.05, 0) is 57.2 Å². The second-order valence-electron chi connectivity index (χ2n) is 8.85. The van der Waals surface area contributed by atoms with Gasteiger partial charge in [-0.2, -0.15) is 0 Å². The second-order valence-corrected chi connectivity index (χ2v) is 10.2. The Hall–Kier alpha value is -3.91. The number of para-hydroxylation sites is 4. The number of rotatable bonds is 4. The fourth-order valence-corrected chi connectivity index (χ4v) is 5.20. The van der Waals surface area contributed by atoms with Crippen LogP contribution >= 0.6 is 11.8 Å². The third-order valence-corrected chi connectivity index (χ3v) is 7.16. The fraction of sp³-hybridized carbons (Fsp3) is 0.185. The quantitative estimate of drug-likeness (QED) is 0.337. The molecular weight excluding hydrogens is 460 g/mol. The molecule has 0 spiro atoms. The molecule has 8 heteroatoms. The number of hydrogen-bond acceptors (Lipinski definition) is 5. The number of nitrogens with zero attached hydrogens (tertiary/aromatic N) is 3. The van der Waals surface area contributed by atoms with Crippen LogP contribution in [0, 0.1) is 0 Å². The Morgan fingerprint density at radius 1 is 0.943 bits per heavy atom. The van der Waals surface area contributed by atoms with E-state index in [9.17, 15) is 14.4 Å². The molecule has 5 rings (SSSR count). The Bertz CT molecular complexity index is 1510. The molecule has 1 N–H and O–H groups in total. The number of carbonyl (C=O) groups is 2. The van der Waals surface area contributed by atoms with Gasteiger partial charge in [0.05, 0.1) is 33.2 Å². The van der Waals surface area contributed by atoms with Crippen LogP contribution in [0.3, 0.4) is 0 Å². The molecule has 1 unspecified atom stereocenters. The molecule has 7 nitrogen and oxygen atoms in total. The van der Waals surface area contributed by atoms with E-state index in [-0.39, 0.29) is 17.4 Å². The van der Waals surface area contributed by atoms with E-state index in [2.05, 4.69) is 5.32 Å². The predicted molar refractivity (Wildman–Crippen MR) is 139 cm³/mol. The van der Waals surface area contributed by atoms with E-state index in [1.807, 2.05) is 54.6 Å². The first-order chi connectivity index (χ1) is 16.8. The van der Waals surface area contributed by atoms with Gasteiger partial charge < -0.3 is 5.32 Å². The maximum atomic E-state index is 13.8. The number of aromatic nitrogens is 2. The van der Waals surface area contributed by atoms with Crippen LogP contribution in [0.1, 0.15) is 20.8 Å². The van der Waals surface area contributed by atoms with E-state index in [0.717, 1.165) is 0 Å². The van der Waals surface area contributed by atoms with Crippen molar-refractivity contribution in [3.63, 3.8) is 0 Å². The summed E-state index contributed by atoms with van der Waals surface area (Å²) in [4.78, 5) is 46.4. The Morgan fingerprint density at radius 2 is 1.60 bits per heavy atom. The minimum atomic E-state index is -1.09. The first-order valence-electron chi connectivity index (χ1n) is 11.3. The third-order valence-electron chi connectivity index (χ3n) is 6.12. The molecule has 0 bridgehead atoms. The number of carbonyl (C=O) groups excluding carboxylic acids is 2. The summed E-state index contributed by atoms with van der Waals surface area (Å²) in [6.07, 6.45) is 0. The summed E-state index contributed by atoms with van der Waals surface area (Å²) < 4.78 is 1.54. The van der Waals surface area contributed by atoms with Gasteiger partial charge >= 0.3 is 0 Å². The Morgan fingerprint density at radius 3 is 2.37 bits per heavy atom. The highest BCUT2D eigenvalue weighted by molar-refractivity contribution is 8.00. The summed E-state index contributed by atoms with van der Waals surface area (Å²) in [6, 6.07) is 23.7. The molecule has 2 heterocycles. The molecule has 4 aromatic rings. The molecule has 0 saturated heterocycles. The lowest BCUT2D eigenvalue weighted by atomic mass is 9.96. The summed E-state index contributed by atoms with van der Waals surface area (Å²) in [5.74, 6) is -0.504. The van der Waals surface area contributed by atoms with E-state index >= 15 is 0 Å². The van der Waals surface area contributed by atoms with Crippen LogP contribution in [0.15, 0.2) is 88.8 Å². The van der Waals surface area contributed by atoms with Crippen LogP contribution in [0.25, 0.3) is 16.6 Å². The third kappa shape index (κ3) is 3.89. The SMILES string of the molecule is CC(Sc1nc2ccccc2c(=O)n1-c1ccccc1)C(=O)N1c2ccccc2NC(=O)C1(C)C. The van der Waals surface area contributed by atoms with Crippen molar-refractivity contribution in [1.29, 1.82) is 0 Å². The molecule has 1 atom stereocenters. The lowest BCUT2D eigenvalue weighted by Gasteiger charge is -2.43. The predicted octanol–water partition coefficient (Wildman–Crippen LogP) is 4.63. The fourth-order valence-electron chi connectivity index (χ4n) is 4.23. The minimum absolute atomic E-state index is 0.202. The van der Waals surface area contributed by atoms with Crippen LogP contribution < -0.4 is 15.8 Å². The van der Waals surface area contributed by atoms with Gasteiger partial charge in [0.2, 0.25) is 11.8 Å². The normalized spacial score (nSPS) is 15.4. The van der Waals surface area contributed by atoms with E-state index in [4.69, 9.17) is 4.98 Å². The molecule has 1 aliphatic heterocycles. The molecule has 0 saturated carbocycles. The lowest BCUT2D eigenvalue weighted by molar-refractivity contribution is -0.126. The van der Waals surface area contributed by atoms with E-state index in [0.29, 0.717) is 33.1 Å². The van der Waals surface area contributed by atoms with E-state index in [1.54, 1.807) is 54.5 Å². The van der Waals surface area contributed by atoms with Crippen LogP contribution in [-0.2, 0) is 9.59 Å². The average molecular weight is 485 g/mol. The maximum Gasteiger partial charge on any atom is 0.266 e. The van der Waals surface area contributed by atoms with Gasteiger partial charge in [-0.15, -0.1) is 0 Å². The highest BCUT2D eigenvalue weighted by Crippen LogP contribution is 2.38. The molecule has 0 aliphatic carbocycles. The molecule has 1 aliphatic rings. The highest BCUT2D eigenvalue weighted by Gasteiger charge is 2.45. The van der Waals surface area contributed by atoms with Gasteiger partial charge in [-0.1, -0.05) is 54.2 Å². The molecule has 2 amide bonds. The van der Waals surface area contributed by atoms with Crippen molar-refractivity contribution in [1.82, 2.24) is 9.55 Å². The molecule has 0 radical (unpaired) electrons. The van der Waals surface area contributed by atoms with E-state index in [1.165, 1.54) is 11.8 Å². The van der Waals surface area contributed by atoms with Gasteiger partial charge in [-0.25, -0.2) is 4.98 Å². The van der Waals surface area contributed by atoms with Crippen LogP contribution in [0.4, 0.5) is 11.4 Å². The number of nitrogens with one attached hydrogen (secondary N) is 1. The van der Waals surface area contributed by atoms with E-state index < -0.39 is 10.8 Å². The summed E-state index contributed by atoms with van der Waals surface area (Å²) >= 11 is 1.20. The van der Waals surface area contributed by atoms with Crippen molar-refractivity contribution >= 4 is 45.9 Å².